The van der Waals surface area contributed by atoms with Crippen LogP contribution in [0.2, 0.25) is 0 Å². The third-order valence-corrected chi connectivity index (χ3v) is 5.56. The second-order valence-electron chi connectivity index (χ2n) is 8.61. The van der Waals surface area contributed by atoms with Gasteiger partial charge >= 0.3 is 0 Å². The molecule has 168 valence electrons. The number of hydrogen-bond donors (Lipinski definition) is 1. The number of aromatic nitrogens is 2. The van der Waals surface area contributed by atoms with Gasteiger partial charge in [0.2, 0.25) is 5.91 Å². The molecule has 1 aliphatic heterocycles. The van der Waals surface area contributed by atoms with Gasteiger partial charge in [-0.3, -0.25) is 9.69 Å². The molecule has 1 N–H and O–H groups in total. The normalized spacial score (nSPS) is 16.9. The van der Waals surface area contributed by atoms with Crippen LogP contribution in [0.3, 0.4) is 0 Å². The van der Waals surface area contributed by atoms with Crippen LogP contribution < -0.4 is 10.1 Å². The van der Waals surface area contributed by atoms with Crippen molar-refractivity contribution in [2.24, 2.45) is 0 Å². The summed E-state index contributed by atoms with van der Waals surface area (Å²) in [5.74, 6) is 2.76. The Labute approximate surface area is 185 Å². The first-order valence-electron chi connectivity index (χ1n) is 11.1. The molecule has 0 bridgehead atoms. The van der Waals surface area contributed by atoms with Gasteiger partial charge in [0.15, 0.2) is 0 Å². The zero-order chi connectivity index (χ0) is 22.4. The fraction of sp³-hybridized carbons (Fsp3) is 0.542. The van der Waals surface area contributed by atoms with Crippen LogP contribution in [0.25, 0.3) is 0 Å². The van der Waals surface area contributed by atoms with Crippen molar-refractivity contribution in [3.8, 4) is 5.75 Å². The average molecular weight is 426 g/mol. The van der Waals surface area contributed by atoms with Crippen molar-refractivity contribution < 1.29 is 9.53 Å². The lowest BCUT2D eigenvalue weighted by Gasteiger charge is -2.33. The van der Waals surface area contributed by atoms with Gasteiger partial charge in [-0.2, -0.15) is 0 Å². The number of benzene rings is 1. The molecule has 0 aliphatic carbocycles. The van der Waals surface area contributed by atoms with E-state index in [9.17, 15) is 4.79 Å². The first-order valence-corrected chi connectivity index (χ1v) is 11.1. The number of rotatable bonds is 8. The maximum atomic E-state index is 11.6. The smallest absolute Gasteiger partial charge is 0.219 e. The predicted octanol–water partition coefficient (Wildman–Crippen LogP) is 3.66. The minimum absolute atomic E-state index is 0.00697. The van der Waals surface area contributed by atoms with E-state index in [1.165, 1.54) is 5.56 Å². The minimum atomic E-state index is 0.00697. The molecule has 1 saturated heterocycles. The van der Waals surface area contributed by atoms with Gasteiger partial charge in [0.05, 0.1) is 18.3 Å². The second-order valence-corrected chi connectivity index (χ2v) is 8.61. The van der Waals surface area contributed by atoms with Gasteiger partial charge in [-0.15, -0.1) is 0 Å². The quantitative estimate of drug-likeness (QED) is 0.696. The van der Waals surface area contributed by atoms with Gasteiger partial charge in [0.1, 0.15) is 17.4 Å². The lowest BCUT2D eigenvalue weighted by atomic mass is 9.94. The average Bonchev–Trinajstić information content (AvgIpc) is 2.73. The molecule has 0 spiro atoms. The largest absolute Gasteiger partial charge is 0.491 e. The summed E-state index contributed by atoms with van der Waals surface area (Å²) < 4.78 is 5.85. The Morgan fingerprint density at radius 1 is 1.32 bits per heavy atom. The van der Waals surface area contributed by atoms with E-state index in [1.807, 2.05) is 33.0 Å². The number of carbonyl (C=O) groups is 1. The Hall–Kier alpha value is -2.67. The Balaban J connectivity index is 1.72. The van der Waals surface area contributed by atoms with E-state index in [-0.39, 0.29) is 12.0 Å². The summed E-state index contributed by atoms with van der Waals surface area (Å²) in [5, 5.41) is 3.14. The van der Waals surface area contributed by atoms with E-state index in [0.717, 1.165) is 49.7 Å². The van der Waals surface area contributed by atoms with Crippen LogP contribution >= 0.6 is 0 Å². The van der Waals surface area contributed by atoms with E-state index in [2.05, 4.69) is 33.4 Å². The van der Waals surface area contributed by atoms with Crippen LogP contribution in [-0.4, -0.2) is 59.0 Å². The molecule has 7 heteroatoms. The molecular weight excluding hydrogens is 390 g/mol. The number of amides is 1. The summed E-state index contributed by atoms with van der Waals surface area (Å²) in [6.07, 6.45) is 2.41. The van der Waals surface area contributed by atoms with Crippen molar-refractivity contribution in [2.75, 3.05) is 32.5 Å². The van der Waals surface area contributed by atoms with Gasteiger partial charge in [0.25, 0.3) is 0 Å². The number of anilines is 1. The standard InChI is InChI=1S/C24H35N5O2/c1-17(2)31-21-10-6-8-19(12-21)14-29-11-7-9-20(15-29)22-13-23(25-4)27-24(26-22)16-28(5)18(3)30/h6,8,10,12-13,17,20H,7,9,11,14-16H2,1-5H3,(H,25,26,27)/t20-/m0/s1. The van der Waals surface area contributed by atoms with Gasteiger partial charge in [0, 0.05) is 46.1 Å². The molecule has 1 atom stereocenters. The van der Waals surface area contributed by atoms with Crippen molar-refractivity contribution in [2.45, 2.75) is 58.7 Å². The third kappa shape index (κ3) is 6.66. The monoisotopic (exact) mass is 425 g/mol. The van der Waals surface area contributed by atoms with Crippen LogP contribution in [-0.2, 0) is 17.9 Å². The number of nitrogens with one attached hydrogen (secondary N) is 1. The van der Waals surface area contributed by atoms with Crippen LogP contribution in [0.5, 0.6) is 5.75 Å². The van der Waals surface area contributed by atoms with E-state index in [1.54, 1.807) is 18.9 Å². The highest BCUT2D eigenvalue weighted by atomic mass is 16.5. The predicted molar refractivity (Wildman–Crippen MR) is 123 cm³/mol. The molecular formula is C24H35N5O2. The van der Waals surface area contributed by atoms with Gasteiger partial charge in [-0.25, -0.2) is 9.97 Å². The van der Waals surface area contributed by atoms with Gasteiger partial charge in [-0.1, -0.05) is 12.1 Å². The molecule has 2 aromatic rings. The number of piperidine rings is 1. The van der Waals surface area contributed by atoms with Gasteiger partial charge in [-0.05, 0) is 50.9 Å². The lowest BCUT2D eigenvalue weighted by Crippen LogP contribution is -2.34. The first kappa shape index (κ1) is 23.0. The number of ether oxygens (including phenoxy) is 1. The number of nitrogens with zero attached hydrogens (tertiary/aromatic N) is 4. The molecule has 2 heterocycles. The van der Waals surface area contributed by atoms with Gasteiger partial charge < -0.3 is 15.0 Å². The molecule has 7 nitrogen and oxygen atoms in total. The van der Waals surface area contributed by atoms with Crippen molar-refractivity contribution in [3.05, 3.63) is 47.4 Å². The summed E-state index contributed by atoms with van der Waals surface area (Å²) in [6, 6.07) is 10.4. The molecule has 31 heavy (non-hydrogen) atoms. The maximum Gasteiger partial charge on any atom is 0.219 e. The van der Waals surface area contributed by atoms with E-state index in [4.69, 9.17) is 9.72 Å². The van der Waals surface area contributed by atoms with Crippen LogP contribution in [0.15, 0.2) is 30.3 Å². The summed E-state index contributed by atoms with van der Waals surface area (Å²) >= 11 is 0. The zero-order valence-corrected chi connectivity index (χ0v) is 19.4. The maximum absolute atomic E-state index is 11.6. The first-order chi connectivity index (χ1) is 14.8. The summed E-state index contributed by atoms with van der Waals surface area (Å²) in [5.41, 5.74) is 2.31. The molecule has 0 saturated carbocycles. The molecule has 1 fully saturated rings. The molecule has 0 radical (unpaired) electrons. The highest BCUT2D eigenvalue weighted by molar-refractivity contribution is 5.72. The lowest BCUT2D eigenvalue weighted by molar-refractivity contribution is -0.128. The fourth-order valence-corrected chi connectivity index (χ4v) is 3.94. The molecule has 1 aliphatic rings. The Kier molecular flexibility index (Phi) is 7.85. The van der Waals surface area contributed by atoms with Crippen molar-refractivity contribution in [1.29, 1.82) is 0 Å². The highest BCUT2D eigenvalue weighted by Gasteiger charge is 2.24. The van der Waals surface area contributed by atoms with Crippen molar-refractivity contribution in [3.63, 3.8) is 0 Å². The molecule has 1 aromatic carbocycles. The van der Waals surface area contributed by atoms with Crippen molar-refractivity contribution in [1.82, 2.24) is 19.8 Å². The molecule has 1 amide bonds. The summed E-state index contributed by atoms with van der Waals surface area (Å²) in [4.78, 5) is 25.1. The highest BCUT2D eigenvalue weighted by Crippen LogP contribution is 2.28. The van der Waals surface area contributed by atoms with E-state index in [0.29, 0.717) is 18.3 Å². The van der Waals surface area contributed by atoms with Crippen LogP contribution in [0.1, 0.15) is 56.6 Å². The minimum Gasteiger partial charge on any atom is -0.491 e. The van der Waals surface area contributed by atoms with Crippen LogP contribution in [0, 0.1) is 0 Å². The van der Waals surface area contributed by atoms with E-state index >= 15 is 0 Å². The fourth-order valence-electron chi connectivity index (χ4n) is 3.94. The number of carbonyl (C=O) groups excluding carboxylic acids is 1. The Bertz CT molecular complexity index is 886. The zero-order valence-electron chi connectivity index (χ0n) is 19.4. The van der Waals surface area contributed by atoms with E-state index < -0.39 is 0 Å². The molecule has 1 aromatic heterocycles. The van der Waals surface area contributed by atoms with Crippen LogP contribution in [0.4, 0.5) is 5.82 Å². The van der Waals surface area contributed by atoms with Crippen molar-refractivity contribution >= 4 is 11.7 Å². The second kappa shape index (κ2) is 10.6. The summed E-state index contributed by atoms with van der Waals surface area (Å²) in [6.45, 7) is 9.00. The molecule has 3 rings (SSSR count). The number of hydrogen-bond acceptors (Lipinski definition) is 6. The topological polar surface area (TPSA) is 70.6 Å². The Morgan fingerprint density at radius 2 is 2.13 bits per heavy atom. The SMILES string of the molecule is CNc1cc([C@H]2CCCN(Cc3cccc(OC(C)C)c3)C2)nc(CN(C)C(C)=O)n1. The third-order valence-electron chi connectivity index (χ3n) is 5.56. The summed E-state index contributed by atoms with van der Waals surface area (Å²) in [7, 11) is 3.64. The Morgan fingerprint density at radius 3 is 2.84 bits per heavy atom. The molecule has 0 unspecified atom stereocenters. The number of likely N-dealkylation sites (tertiary alicyclic amines) is 1.